The Morgan fingerprint density at radius 1 is 1.34 bits per heavy atom. The van der Waals surface area contributed by atoms with Crippen LogP contribution in [-0.2, 0) is 9.63 Å². The van der Waals surface area contributed by atoms with E-state index in [2.05, 4.69) is 5.32 Å². The van der Waals surface area contributed by atoms with Gasteiger partial charge in [-0.05, 0) is 48.2 Å². The largest absolute Gasteiger partial charge is 0.459 e. The zero-order valence-corrected chi connectivity index (χ0v) is 19.6. The van der Waals surface area contributed by atoms with Crippen molar-refractivity contribution in [2.75, 3.05) is 12.3 Å². The van der Waals surface area contributed by atoms with Crippen LogP contribution in [-0.4, -0.2) is 40.1 Å². The maximum Gasteiger partial charge on any atom is 0.217 e. The predicted octanol–water partition coefficient (Wildman–Crippen LogP) is 4.62. The Hall–Kier alpha value is -2.10. The van der Waals surface area contributed by atoms with Crippen molar-refractivity contribution < 1.29 is 19.2 Å². The summed E-state index contributed by atoms with van der Waals surface area (Å²) in [6.45, 7) is 2.29. The fraction of sp³-hybridized carbons (Fsp3) is 0.304. The number of carbonyl (C=O) groups excluding carboxylic acids is 2. The third-order valence-electron chi connectivity index (χ3n) is 5.71. The van der Waals surface area contributed by atoms with Gasteiger partial charge in [-0.25, -0.2) is 0 Å². The van der Waals surface area contributed by atoms with Crippen molar-refractivity contribution in [1.29, 1.82) is 0 Å². The number of hydrogen-bond donors (Lipinski definition) is 1. The molecular weight excluding hydrogens is 468 g/mol. The van der Waals surface area contributed by atoms with E-state index in [0.29, 0.717) is 27.0 Å². The van der Waals surface area contributed by atoms with Crippen molar-refractivity contribution >= 4 is 46.6 Å². The number of carbonyl (C=O) groups is 2. The van der Waals surface area contributed by atoms with Gasteiger partial charge >= 0.3 is 0 Å². The molecule has 1 aliphatic carbocycles. The molecule has 3 aliphatic rings. The Morgan fingerprint density at radius 2 is 2.22 bits per heavy atom. The summed E-state index contributed by atoms with van der Waals surface area (Å²) >= 11 is 9.24. The number of hydroxylamine groups is 1. The summed E-state index contributed by atoms with van der Waals surface area (Å²) in [7, 11) is 0. The topological polar surface area (TPSA) is 67.9 Å². The predicted molar refractivity (Wildman–Crippen MR) is 126 cm³/mol. The van der Waals surface area contributed by atoms with Gasteiger partial charge in [0.1, 0.15) is 23.2 Å². The molecule has 4 unspecified atom stereocenters. The van der Waals surface area contributed by atoms with Crippen molar-refractivity contribution in [2.45, 2.75) is 25.0 Å². The number of rotatable bonds is 5. The molecule has 2 saturated heterocycles. The number of amides is 1. The summed E-state index contributed by atoms with van der Waals surface area (Å²) in [4.78, 5) is 31.8. The van der Waals surface area contributed by atoms with Gasteiger partial charge in [0.25, 0.3) is 0 Å². The van der Waals surface area contributed by atoms with Crippen LogP contribution in [0.15, 0.2) is 59.7 Å². The lowest BCUT2D eigenvalue weighted by atomic mass is 9.82. The monoisotopic (exact) mass is 488 g/mol. The molecule has 1 spiro atoms. The first kappa shape index (κ1) is 21.7. The molecule has 5 rings (SSSR count). The van der Waals surface area contributed by atoms with Crippen molar-refractivity contribution in [1.82, 2.24) is 9.79 Å². The van der Waals surface area contributed by atoms with Gasteiger partial charge < -0.3 is 10.1 Å². The second-order valence-corrected chi connectivity index (χ2v) is 10.4. The van der Waals surface area contributed by atoms with Gasteiger partial charge in [-0.15, -0.1) is 15.8 Å². The van der Waals surface area contributed by atoms with Crippen molar-refractivity contribution in [3.05, 3.63) is 75.2 Å². The lowest BCUT2D eigenvalue weighted by molar-refractivity contribution is -0.119. The van der Waals surface area contributed by atoms with E-state index in [1.807, 2.05) is 34.1 Å². The lowest BCUT2D eigenvalue weighted by Crippen LogP contribution is -2.42. The first-order valence-corrected chi connectivity index (χ1v) is 12.5. The number of fused-ring (bicyclic) bond motifs is 3. The third kappa shape index (κ3) is 4.13. The molecule has 3 heterocycles. The summed E-state index contributed by atoms with van der Waals surface area (Å²) < 4.78 is 8.24. The lowest BCUT2D eigenvalue weighted by Gasteiger charge is -2.32. The quantitative estimate of drug-likeness (QED) is 0.376. The number of nitrogens with one attached hydrogen (secondary N) is 1. The molecule has 32 heavy (non-hydrogen) atoms. The highest BCUT2D eigenvalue weighted by Crippen LogP contribution is 2.46. The van der Waals surface area contributed by atoms with Gasteiger partial charge in [-0.3, -0.25) is 14.4 Å². The molecule has 0 saturated carbocycles. The number of thiophene rings is 1. The highest BCUT2D eigenvalue weighted by Gasteiger charge is 2.50. The Morgan fingerprint density at radius 3 is 2.97 bits per heavy atom. The van der Waals surface area contributed by atoms with Crippen molar-refractivity contribution in [3.63, 3.8) is 0 Å². The molecule has 1 N–H and O–H groups in total. The molecule has 4 atom stereocenters. The average molecular weight is 489 g/mol. The summed E-state index contributed by atoms with van der Waals surface area (Å²) in [6, 6.07) is 8.12. The zero-order valence-electron chi connectivity index (χ0n) is 17.2. The minimum atomic E-state index is -0.627. The van der Waals surface area contributed by atoms with Gasteiger partial charge in [0, 0.05) is 30.2 Å². The molecular formula is C23H21ClN2O4S2. The summed E-state index contributed by atoms with van der Waals surface area (Å²) in [5.74, 6) is 1.84. The summed E-state index contributed by atoms with van der Waals surface area (Å²) in [5.41, 5.74) is -0.255. The number of hydrogen-bond acceptors (Lipinski definition) is 7. The van der Waals surface area contributed by atoms with Gasteiger partial charge in [0.2, 0.25) is 11.7 Å². The standard InChI is InChI=1S/C23H21ClN2O4S2/c1-14(27)25-18-6-8-23(15-7-10-32-26(13-15)30-23)12-20(18)29-19-5-4-16(24)11-17(19)22(28)21-3-2-9-31-21/h2-6,8-9,11-12,15,18H,7,10,13H2,1H3,(H,25,27). The van der Waals surface area contributed by atoms with E-state index in [0.717, 1.165) is 18.7 Å². The second-order valence-electron chi connectivity index (χ2n) is 7.91. The number of halogens is 1. The number of benzene rings is 1. The van der Waals surface area contributed by atoms with Gasteiger partial charge in [0.05, 0.1) is 10.4 Å². The highest BCUT2D eigenvalue weighted by molar-refractivity contribution is 7.96. The molecule has 2 fully saturated rings. The summed E-state index contributed by atoms with van der Waals surface area (Å²) in [6.07, 6.45) is 6.87. The minimum Gasteiger partial charge on any atom is -0.459 e. The molecule has 1 amide bonds. The fourth-order valence-corrected chi connectivity index (χ4v) is 6.09. The Bertz CT molecular complexity index is 1120. The van der Waals surface area contributed by atoms with Crippen LogP contribution < -0.4 is 10.1 Å². The van der Waals surface area contributed by atoms with Gasteiger partial charge in [-0.2, -0.15) is 0 Å². The van der Waals surface area contributed by atoms with Crippen LogP contribution in [0.3, 0.4) is 0 Å². The average Bonchev–Trinajstić information content (AvgIpc) is 3.38. The molecule has 6 nitrogen and oxygen atoms in total. The van der Waals surface area contributed by atoms with E-state index < -0.39 is 11.6 Å². The smallest absolute Gasteiger partial charge is 0.217 e. The van der Waals surface area contributed by atoms with E-state index in [4.69, 9.17) is 21.2 Å². The second kappa shape index (κ2) is 8.68. The van der Waals surface area contributed by atoms with E-state index in [9.17, 15) is 9.59 Å². The molecule has 166 valence electrons. The van der Waals surface area contributed by atoms with Crippen LogP contribution in [0, 0.1) is 5.92 Å². The SMILES string of the molecule is CC(=O)NC1C=CC2(C=C1Oc1ccc(Cl)cc1C(=O)c1cccs1)ON1CC2CCS1. The van der Waals surface area contributed by atoms with Crippen LogP contribution in [0.1, 0.15) is 28.6 Å². The van der Waals surface area contributed by atoms with Gasteiger partial charge in [-0.1, -0.05) is 35.7 Å². The van der Waals surface area contributed by atoms with E-state index in [-0.39, 0.29) is 17.6 Å². The van der Waals surface area contributed by atoms with Gasteiger partial charge in [0.15, 0.2) is 0 Å². The Balaban J connectivity index is 1.52. The maximum absolute atomic E-state index is 13.1. The first-order chi connectivity index (χ1) is 15.4. The van der Waals surface area contributed by atoms with E-state index in [1.54, 1.807) is 36.2 Å². The molecule has 1 aromatic carbocycles. The van der Waals surface area contributed by atoms with Crippen LogP contribution in [0.4, 0.5) is 0 Å². The van der Waals surface area contributed by atoms with E-state index >= 15 is 0 Å². The van der Waals surface area contributed by atoms with Crippen LogP contribution in [0.25, 0.3) is 0 Å². The Kier molecular flexibility index (Phi) is 5.90. The number of nitrogens with zero attached hydrogens (tertiary/aromatic N) is 1. The molecule has 1 aromatic heterocycles. The summed E-state index contributed by atoms with van der Waals surface area (Å²) in [5, 5.41) is 5.20. The molecule has 2 aromatic rings. The van der Waals surface area contributed by atoms with E-state index in [1.165, 1.54) is 18.3 Å². The molecule has 9 heteroatoms. The van der Waals surface area contributed by atoms with Crippen LogP contribution >= 0.6 is 34.9 Å². The van der Waals surface area contributed by atoms with Crippen molar-refractivity contribution in [2.24, 2.45) is 5.92 Å². The number of ketones is 1. The van der Waals surface area contributed by atoms with Crippen LogP contribution in [0.2, 0.25) is 5.02 Å². The third-order valence-corrected chi connectivity index (χ3v) is 7.74. The van der Waals surface area contributed by atoms with Crippen LogP contribution in [0.5, 0.6) is 5.75 Å². The molecule has 2 bridgehead atoms. The highest BCUT2D eigenvalue weighted by atomic mass is 35.5. The maximum atomic E-state index is 13.1. The molecule has 2 aliphatic heterocycles. The first-order valence-electron chi connectivity index (χ1n) is 10.3. The molecule has 0 radical (unpaired) electrons. The minimum absolute atomic E-state index is 0.161. The van der Waals surface area contributed by atoms with Crippen molar-refractivity contribution in [3.8, 4) is 5.75 Å². The normalized spacial score (nSPS) is 28.4. The fourth-order valence-electron chi connectivity index (χ4n) is 4.18. The number of ether oxygens (including phenoxy) is 1. The zero-order chi connectivity index (χ0) is 22.3. The Labute approximate surface area is 199 Å².